The van der Waals surface area contributed by atoms with Gasteiger partial charge in [-0.05, 0) is 30.0 Å². The van der Waals surface area contributed by atoms with Gasteiger partial charge in [-0.25, -0.2) is 4.39 Å². The number of alkyl halides is 1. The highest BCUT2D eigenvalue weighted by molar-refractivity contribution is 6.20. The molecule has 0 aliphatic carbocycles. The molecule has 0 radical (unpaired) electrons. The largest absolute Gasteiger partial charge is 0.315 e. The molecule has 1 aromatic carbocycles. The smallest absolute Gasteiger partial charge is 0.123 e. The molecule has 1 heterocycles. The Morgan fingerprint density at radius 2 is 1.93 bits per heavy atom. The zero-order valence-corrected chi connectivity index (χ0v) is 8.60. The third-order valence-corrected chi connectivity index (χ3v) is 2.97. The van der Waals surface area contributed by atoms with Crippen LogP contribution >= 0.6 is 11.6 Å². The van der Waals surface area contributed by atoms with Crippen LogP contribution in [0.2, 0.25) is 0 Å². The third-order valence-electron chi connectivity index (χ3n) is 2.64. The van der Waals surface area contributed by atoms with Crippen LogP contribution in [0.4, 0.5) is 4.39 Å². The van der Waals surface area contributed by atoms with Crippen LogP contribution in [-0.2, 0) is 0 Å². The number of hydrogen-bond donors (Lipinski definition) is 1. The van der Waals surface area contributed by atoms with Gasteiger partial charge in [0.05, 0.1) is 0 Å². The SMILES string of the molecule is Fc1ccc(C2CNCC(Cl)C2)cc1. The number of benzene rings is 1. The predicted molar refractivity (Wildman–Crippen MR) is 56.3 cm³/mol. The van der Waals surface area contributed by atoms with Crippen LogP contribution in [0.3, 0.4) is 0 Å². The van der Waals surface area contributed by atoms with Gasteiger partial charge in [-0.2, -0.15) is 0 Å². The molecular formula is C11H13ClFN. The summed E-state index contributed by atoms with van der Waals surface area (Å²) < 4.78 is 12.7. The maximum atomic E-state index is 12.7. The summed E-state index contributed by atoms with van der Waals surface area (Å²) in [4.78, 5) is 0. The van der Waals surface area contributed by atoms with Crippen molar-refractivity contribution in [2.45, 2.75) is 17.7 Å². The molecular weight excluding hydrogens is 201 g/mol. The molecule has 2 unspecified atom stereocenters. The van der Waals surface area contributed by atoms with E-state index in [-0.39, 0.29) is 11.2 Å². The molecule has 1 N–H and O–H groups in total. The average Bonchev–Trinajstić information content (AvgIpc) is 2.19. The van der Waals surface area contributed by atoms with Gasteiger partial charge in [-0.1, -0.05) is 12.1 Å². The quantitative estimate of drug-likeness (QED) is 0.707. The first-order valence-electron chi connectivity index (χ1n) is 4.86. The van der Waals surface area contributed by atoms with E-state index in [2.05, 4.69) is 5.32 Å². The van der Waals surface area contributed by atoms with Crippen LogP contribution in [0.5, 0.6) is 0 Å². The van der Waals surface area contributed by atoms with Gasteiger partial charge in [-0.15, -0.1) is 11.6 Å². The van der Waals surface area contributed by atoms with E-state index in [0.717, 1.165) is 19.5 Å². The van der Waals surface area contributed by atoms with Crippen molar-refractivity contribution in [2.75, 3.05) is 13.1 Å². The van der Waals surface area contributed by atoms with Crippen LogP contribution in [-0.4, -0.2) is 18.5 Å². The van der Waals surface area contributed by atoms with E-state index in [4.69, 9.17) is 11.6 Å². The minimum absolute atomic E-state index is 0.181. The van der Waals surface area contributed by atoms with Crippen molar-refractivity contribution in [2.24, 2.45) is 0 Å². The van der Waals surface area contributed by atoms with Crippen molar-refractivity contribution >= 4 is 11.6 Å². The summed E-state index contributed by atoms with van der Waals surface area (Å²) in [5.74, 6) is 0.242. The molecule has 2 atom stereocenters. The fourth-order valence-electron chi connectivity index (χ4n) is 1.88. The van der Waals surface area contributed by atoms with Gasteiger partial charge in [0.1, 0.15) is 5.82 Å². The van der Waals surface area contributed by atoms with Crippen molar-refractivity contribution in [3.05, 3.63) is 35.6 Å². The van der Waals surface area contributed by atoms with E-state index in [0.29, 0.717) is 5.92 Å². The molecule has 1 aliphatic rings. The van der Waals surface area contributed by atoms with Gasteiger partial charge in [0.2, 0.25) is 0 Å². The lowest BCUT2D eigenvalue weighted by atomic mass is 9.91. The maximum Gasteiger partial charge on any atom is 0.123 e. The lowest BCUT2D eigenvalue weighted by Crippen LogP contribution is -2.35. The molecule has 2 rings (SSSR count). The molecule has 3 heteroatoms. The second-order valence-corrected chi connectivity index (χ2v) is 4.36. The number of rotatable bonds is 1. The number of halogens is 2. The summed E-state index contributed by atoms with van der Waals surface area (Å²) in [6, 6.07) is 6.70. The van der Waals surface area contributed by atoms with E-state index >= 15 is 0 Å². The molecule has 1 saturated heterocycles. The Morgan fingerprint density at radius 1 is 1.21 bits per heavy atom. The molecule has 0 bridgehead atoms. The van der Waals surface area contributed by atoms with E-state index in [9.17, 15) is 4.39 Å². The molecule has 0 spiro atoms. The molecule has 76 valence electrons. The second-order valence-electron chi connectivity index (χ2n) is 3.74. The highest BCUT2D eigenvalue weighted by Gasteiger charge is 2.20. The molecule has 0 aromatic heterocycles. The van der Waals surface area contributed by atoms with Gasteiger partial charge in [0.15, 0.2) is 0 Å². The van der Waals surface area contributed by atoms with Crippen LogP contribution in [0.1, 0.15) is 17.9 Å². The Kier molecular flexibility index (Phi) is 3.04. The maximum absolute atomic E-state index is 12.7. The minimum Gasteiger partial charge on any atom is -0.315 e. The van der Waals surface area contributed by atoms with E-state index in [1.165, 1.54) is 17.7 Å². The Labute approximate surface area is 88.3 Å². The molecule has 1 aromatic rings. The summed E-state index contributed by atoms with van der Waals surface area (Å²) >= 11 is 6.06. The van der Waals surface area contributed by atoms with Crippen molar-refractivity contribution in [1.82, 2.24) is 5.32 Å². The number of hydrogen-bond acceptors (Lipinski definition) is 1. The van der Waals surface area contributed by atoms with Gasteiger partial charge in [-0.3, -0.25) is 0 Å². The second kappa shape index (κ2) is 4.28. The van der Waals surface area contributed by atoms with Gasteiger partial charge < -0.3 is 5.32 Å². The first-order chi connectivity index (χ1) is 6.75. The molecule has 0 amide bonds. The van der Waals surface area contributed by atoms with Crippen LogP contribution in [0.15, 0.2) is 24.3 Å². The van der Waals surface area contributed by atoms with Crippen LogP contribution < -0.4 is 5.32 Å². The predicted octanol–water partition coefficient (Wildman–Crippen LogP) is 2.51. The Hall–Kier alpha value is -0.600. The van der Waals surface area contributed by atoms with Gasteiger partial charge in [0, 0.05) is 18.5 Å². The number of piperidine rings is 1. The Morgan fingerprint density at radius 3 is 2.57 bits per heavy atom. The van der Waals surface area contributed by atoms with Crippen LogP contribution in [0, 0.1) is 5.82 Å². The van der Waals surface area contributed by atoms with Gasteiger partial charge in [0.25, 0.3) is 0 Å². The lowest BCUT2D eigenvalue weighted by molar-refractivity contribution is 0.466. The van der Waals surface area contributed by atoms with Crippen molar-refractivity contribution in [3.8, 4) is 0 Å². The fourth-order valence-corrected chi connectivity index (χ4v) is 2.20. The summed E-state index contributed by atoms with van der Waals surface area (Å²) in [5, 5.41) is 3.47. The Balaban J connectivity index is 2.10. The highest BCUT2D eigenvalue weighted by atomic mass is 35.5. The van der Waals surface area contributed by atoms with Crippen molar-refractivity contribution in [3.63, 3.8) is 0 Å². The fraction of sp³-hybridized carbons (Fsp3) is 0.455. The molecule has 0 saturated carbocycles. The highest BCUT2D eigenvalue weighted by Crippen LogP contribution is 2.25. The normalized spacial score (nSPS) is 27.6. The standard InChI is InChI=1S/C11H13ClFN/c12-10-5-9(6-14-7-10)8-1-3-11(13)4-2-8/h1-4,9-10,14H,5-7H2. The summed E-state index contributed by atoms with van der Waals surface area (Å²) in [7, 11) is 0. The van der Waals surface area contributed by atoms with E-state index < -0.39 is 0 Å². The zero-order valence-electron chi connectivity index (χ0n) is 7.84. The molecule has 1 fully saturated rings. The summed E-state index contributed by atoms with van der Waals surface area (Å²) in [6.07, 6.45) is 0.972. The minimum atomic E-state index is -0.181. The molecule has 1 nitrogen and oxygen atoms in total. The Bertz CT molecular complexity index is 299. The summed E-state index contributed by atoms with van der Waals surface area (Å²) in [6.45, 7) is 1.81. The van der Waals surface area contributed by atoms with Crippen LogP contribution in [0.25, 0.3) is 0 Å². The van der Waals surface area contributed by atoms with Crippen molar-refractivity contribution < 1.29 is 4.39 Å². The molecule has 1 aliphatic heterocycles. The summed E-state index contributed by atoms with van der Waals surface area (Å²) in [5.41, 5.74) is 1.17. The van der Waals surface area contributed by atoms with Gasteiger partial charge >= 0.3 is 0 Å². The first-order valence-corrected chi connectivity index (χ1v) is 5.29. The van der Waals surface area contributed by atoms with E-state index in [1.54, 1.807) is 0 Å². The topological polar surface area (TPSA) is 12.0 Å². The zero-order chi connectivity index (χ0) is 9.97. The first kappa shape index (κ1) is 9.94. The average molecular weight is 214 g/mol. The van der Waals surface area contributed by atoms with E-state index in [1.807, 2.05) is 12.1 Å². The number of nitrogens with one attached hydrogen (secondary N) is 1. The lowest BCUT2D eigenvalue weighted by Gasteiger charge is -2.26. The molecule has 14 heavy (non-hydrogen) atoms. The van der Waals surface area contributed by atoms with Crippen molar-refractivity contribution in [1.29, 1.82) is 0 Å². The monoisotopic (exact) mass is 213 g/mol. The third kappa shape index (κ3) is 2.25.